The van der Waals surface area contributed by atoms with Crippen molar-refractivity contribution in [1.82, 2.24) is 30.3 Å². The van der Waals surface area contributed by atoms with Crippen LogP contribution in [0.5, 0.6) is 0 Å². The highest BCUT2D eigenvalue weighted by molar-refractivity contribution is 5.76. The zero-order valence-corrected chi connectivity index (χ0v) is 17.2. The fourth-order valence-corrected chi connectivity index (χ4v) is 3.74. The van der Waals surface area contributed by atoms with E-state index in [9.17, 15) is 9.18 Å². The number of nitrogens with one attached hydrogen (secondary N) is 1. The molecular weight excluding hydrogens is 399 g/mol. The van der Waals surface area contributed by atoms with E-state index >= 15 is 0 Å². The van der Waals surface area contributed by atoms with Crippen molar-refractivity contribution in [3.63, 3.8) is 0 Å². The molecule has 1 atom stereocenters. The Hall–Kier alpha value is -3.20. The van der Waals surface area contributed by atoms with Gasteiger partial charge in [0.2, 0.25) is 17.6 Å². The van der Waals surface area contributed by atoms with E-state index in [1.807, 2.05) is 12.1 Å². The zero-order chi connectivity index (χ0) is 21.5. The van der Waals surface area contributed by atoms with Crippen LogP contribution in [0.25, 0.3) is 11.4 Å². The lowest BCUT2D eigenvalue weighted by Crippen LogP contribution is -2.31. The van der Waals surface area contributed by atoms with Gasteiger partial charge in [-0.25, -0.2) is 4.39 Å². The summed E-state index contributed by atoms with van der Waals surface area (Å²) >= 11 is 0. The summed E-state index contributed by atoms with van der Waals surface area (Å²) in [7, 11) is 0. The number of hydrogen-bond acceptors (Lipinski definition) is 7. The number of carbonyl (C=O) groups excluding carboxylic acids is 1. The molecule has 1 aliphatic heterocycles. The van der Waals surface area contributed by atoms with Gasteiger partial charge in [-0.2, -0.15) is 4.98 Å². The third kappa shape index (κ3) is 5.69. The Morgan fingerprint density at radius 3 is 2.90 bits per heavy atom. The maximum absolute atomic E-state index is 14.0. The van der Waals surface area contributed by atoms with Crippen LogP contribution in [-0.4, -0.2) is 50.5 Å². The Balaban J connectivity index is 1.45. The third-order valence-electron chi connectivity index (χ3n) is 5.46. The maximum Gasteiger partial charge on any atom is 0.230 e. The summed E-state index contributed by atoms with van der Waals surface area (Å²) < 4.78 is 19.6. The first-order valence-corrected chi connectivity index (χ1v) is 10.5. The first-order valence-electron chi connectivity index (χ1n) is 10.5. The molecule has 1 aliphatic rings. The first-order chi connectivity index (χ1) is 15.2. The van der Waals surface area contributed by atoms with Crippen molar-refractivity contribution in [1.29, 1.82) is 0 Å². The summed E-state index contributed by atoms with van der Waals surface area (Å²) in [6.07, 6.45) is 9.00. The van der Waals surface area contributed by atoms with Gasteiger partial charge in [-0.3, -0.25) is 19.7 Å². The van der Waals surface area contributed by atoms with Gasteiger partial charge in [-0.1, -0.05) is 5.16 Å². The molecule has 0 saturated carbocycles. The fraction of sp³-hybridized carbons (Fsp3) is 0.409. The molecule has 31 heavy (non-hydrogen) atoms. The molecular formula is C22H25FN6O2. The molecule has 4 rings (SSSR count). The van der Waals surface area contributed by atoms with E-state index in [2.05, 4.69) is 30.3 Å². The van der Waals surface area contributed by atoms with E-state index < -0.39 is 0 Å². The summed E-state index contributed by atoms with van der Waals surface area (Å²) in [4.78, 5) is 26.8. The molecule has 9 heteroatoms. The van der Waals surface area contributed by atoms with Crippen molar-refractivity contribution < 1.29 is 13.7 Å². The molecule has 1 saturated heterocycles. The molecule has 4 heterocycles. The Bertz CT molecular complexity index is 996. The Kier molecular flexibility index (Phi) is 6.93. The van der Waals surface area contributed by atoms with Crippen LogP contribution in [-0.2, 0) is 11.3 Å². The zero-order valence-electron chi connectivity index (χ0n) is 17.2. The predicted molar refractivity (Wildman–Crippen MR) is 111 cm³/mol. The third-order valence-corrected chi connectivity index (χ3v) is 5.46. The van der Waals surface area contributed by atoms with Gasteiger partial charge in [0.25, 0.3) is 0 Å². The highest BCUT2D eigenvalue weighted by Crippen LogP contribution is 2.26. The lowest BCUT2D eigenvalue weighted by atomic mass is 9.99. The summed E-state index contributed by atoms with van der Waals surface area (Å²) in [5.41, 5.74) is 1.38. The van der Waals surface area contributed by atoms with Gasteiger partial charge in [0, 0.05) is 61.7 Å². The predicted octanol–water partition coefficient (Wildman–Crippen LogP) is 2.94. The molecule has 0 aliphatic carbocycles. The van der Waals surface area contributed by atoms with Crippen LogP contribution < -0.4 is 5.32 Å². The summed E-state index contributed by atoms with van der Waals surface area (Å²) in [6.45, 7) is 2.31. The molecule has 1 amide bonds. The van der Waals surface area contributed by atoms with Crippen molar-refractivity contribution in [2.75, 3.05) is 19.6 Å². The summed E-state index contributed by atoms with van der Waals surface area (Å²) in [5, 5.41) is 7.06. The molecule has 8 nitrogen and oxygen atoms in total. The molecule has 0 bridgehead atoms. The van der Waals surface area contributed by atoms with Crippen LogP contribution in [0.3, 0.4) is 0 Å². The van der Waals surface area contributed by atoms with Crippen LogP contribution >= 0.6 is 0 Å². The molecule has 3 aromatic rings. The second kappa shape index (κ2) is 10.2. The van der Waals surface area contributed by atoms with E-state index in [0.717, 1.165) is 31.4 Å². The Labute approximate surface area is 179 Å². The number of pyridine rings is 2. The van der Waals surface area contributed by atoms with Gasteiger partial charge in [0.15, 0.2) is 0 Å². The highest BCUT2D eigenvalue weighted by Gasteiger charge is 2.22. The molecule has 1 N–H and O–H groups in total. The van der Waals surface area contributed by atoms with Gasteiger partial charge in [0.1, 0.15) is 5.82 Å². The topological polar surface area (TPSA) is 97.0 Å². The van der Waals surface area contributed by atoms with Gasteiger partial charge in [-0.15, -0.1) is 0 Å². The monoisotopic (exact) mass is 424 g/mol. The summed E-state index contributed by atoms with van der Waals surface area (Å²) in [6, 6.07) is 5.39. The number of amides is 1. The smallest absolute Gasteiger partial charge is 0.230 e. The van der Waals surface area contributed by atoms with Gasteiger partial charge < -0.3 is 9.84 Å². The van der Waals surface area contributed by atoms with Crippen LogP contribution in [0.15, 0.2) is 47.5 Å². The highest BCUT2D eigenvalue weighted by atomic mass is 19.1. The van der Waals surface area contributed by atoms with Crippen LogP contribution in [0.4, 0.5) is 4.39 Å². The van der Waals surface area contributed by atoms with E-state index in [1.165, 1.54) is 6.20 Å². The lowest BCUT2D eigenvalue weighted by Gasteiger charge is -2.22. The minimum atomic E-state index is -0.326. The van der Waals surface area contributed by atoms with Gasteiger partial charge in [-0.05, 0) is 44.0 Å². The fourth-order valence-electron chi connectivity index (χ4n) is 3.74. The number of aromatic nitrogens is 4. The molecule has 1 fully saturated rings. The van der Waals surface area contributed by atoms with Gasteiger partial charge in [0.05, 0.1) is 6.20 Å². The summed E-state index contributed by atoms with van der Waals surface area (Å²) in [5.74, 6) is 0.779. The molecule has 0 aromatic carbocycles. The minimum absolute atomic E-state index is 0.0116. The SMILES string of the molecule is O=C1CCN(Cc2ccncc2F)CCCC(c2nc(-c3cccnc3)no2)CCN1. The average molecular weight is 424 g/mol. The minimum Gasteiger partial charge on any atom is -0.356 e. The van der Waals surface area contributed by atoms with Gasteiger partial charge >= 0.3 is 0 Å². The van der Waals surface area contributed by atoms with Crippen LogP contribution in [0.2, 0.25) is 0 Å². The quantitative estimate of drug-likeness (QED) is 0.688. The number of halogens is 1. The van der Waals surface area contributed by atoms with Crippen molar-refractivity contribution in [3.8, 4) is 11.4 Å². The molecule has 3 aromatic heterocycles. The van der Waals surface area contributed by atoms with Crippen LogP contribution in [0, 0.1) is 5.82 Å². The second-order valence-corrected chi connectivity index (χ2v) is 7.67. The molecule has 162 valence electrons. The van der Waals surface area contributed by atoms with E-state index in [1.54, 1.807) is 24.7 Å². The van der Waals surface area contributed by atoms with E-state index in [-0.39, 0.29) is 17.6 Å². The largest absolute Gasteiger partial charge is 0.356 e. The number of carbonyl (C=O) groups is 1. The van der Waals surface area contributed by atoms with Crippen molar-refractivity contribution in [3.05, 3.63) is 60.3 Å². The maximum atomic E-state index is 14.0. The number of nitrogens with zero attached hydrogens (tertiary/aromatic N) is 5. The number of hydrogen-bond donors (Lipinski definition) is 1. The molecule has 0 radical (unpaired) electrons. The molecule has 1 unspecified atom stereocenters. The number of rotatable bonds is 4. The normalized spacial score (nSPS) is 18.9. The Morgan fingerprint density at radius 1 is 1.16 bits per heavy atom. The molecule has 0 spiro atoms. The van der Waals surface area contributed by atoms with Crippen molar-refractivity contribution in [2.24, 2.45) is 0 Å². The van der Waals surface area contributed by atoms with E-state index in [0.29, 0.717) is 43.3 Å². The van der Waals surface area contributed by atoms with Crippen molar-refractivity contribution >= 4 is 5.91 Å². The Morgan fingerprint density at radius 2 is 2.06 bits per heavy atom. The van der Waals surface area contributed by atoms with Crippen LogP contribution in [0.1, 0.15) is 43.1 Å². The van der Waals surface area contributed by atoms with E-state index in [4.69, 9.17) is 4.52 Å². The second-order valence-electron chi connectivity index (χ2n) is 7.67. The first kappa shape index (κ1) is 21.0. The average Bonchev–Trinajstić information content (AvgIpc) is 3.27. The standard InChI is InChI=1S/C22H25FN6O2/c23-19-14-25-9-5-18(19)15-29-11-2-4-16(6-10-26-20(30)7-12-29)22-27-21(28-31-22)17-3-1-8-24-13-17/h1,3,5,8-9,13-14,16H,2,4,6-7,10-12,15H2,(H,26,30). The lowest BCUT2D eigenvalue weighted by molar-refractivity contribution is -0.121. The van der Waals surface area contributed by atoms with Crippen molar-refractivity contribution in [2.45, 2.75) is 38.1 Å².